The molecule has 1 N–H and O–H groups in total. The first kappa shape index (κ1) is 14.4. The molecule has 0 bridgehead atoms. The van der Waals surface area contributed by atoms with Crippen LogP contribution in [0, 0.1) is 0 Å². The van der Waals surface area contributed by atoms with Crippen LogP contribution < -0.4 is 9.46 Å². The van der Waals surface area contributed by atoms with Crippen LogP contribution in [0.15, 0.2) is 36.5 Å². The summed E-state index contributed by atoms with van der Waals surface area (Å²) in [6.45, 7) is 0.210. The fraction of sp³-hybridized carbons (Fsp3) is 0.154. The van der Waals surface area contributed by atoms with Gasteiger partial charge in [0.05, 0.1) is 12.6 Å². The van der Waals surface area contributed by atoms with E-state index in [9.17, 15) is 8.42 Å². The molecule has 0 saturated heterocycles. The molecule has 1 aromatic carbocycles. The molecule has 3 aromatic rings. The van der Waals surface area contributed by atoms with E-state index in [2.05, 4.69) is 20.0 Å². The van der Waals surface area contributed by atoms with Gasteiger partial charge in [-0.2, -0.15) is 4.68 Å². The lowest BCUT2D eigenvalue weighted by Crippen LogP contribution is -2.10. The summed E-state index contributed by atoms with van der Waals surface area (Å²) < 4.78 is 30.1. The van der Waals surface area contributed by atoms with Gasteiger partial charge in [0, 0.05) is 18.8 Å². The third kappa shape index (κ3) is 2.90. The van der Waals surface area contributed by atoms with E-state index in [1.807, 2.05) is 12.1 Å². The van der Waals surface area contributed by atoms with E-state index in [0.29, 0.717) is 17.1 Å². The summed E-state index contributed by atoms with van der Waals surface area (Å²) in [7, 11) is -1.02. The molecule has 0 aliphatic heterocycles. The number of aromatic nitrogens is 4. The lowest BCUT2D eigenvalue weighted by atomic mass is 10.2. The van der Waals surface area contributed by atoms with Crippen LogP contribution in [0.4, 0.5) is 0 Å². The summed E-state index contributed by atoms with van der Waals surface area (Å²) in [5, 5.41) is 8.17. The summed E-state index contributed by atoms with van der Waals surface area (Å²) in [5.74, 6) is 1.31. The van der Waals surface area contributed by atoms with E-state index < -0.39 is 10.9 Å². The van der Waals surface area contributed by atoms with Crippen LogP contribution in [0.2, 0.25) is 0 Å². The van der Waals surface area contributed by atoms with Crippen molar-refractivity contribution in [2.75, 3.05) is 7.11 Å². The number of fused-ring (bicyclic) bond motifs is 1. The Morgan fingerprint density at radius 1 is 1.27 bits per heavy atom. The number of rotatable bonds is 5. The Labute approximate surface area is 127 Å². The van der Waals surface area contributed by atoms with Gasteiger partial charge in [0.2, 0.25) is 10.9 Å². The largest absolute Gasteiger partial charge is 0.497 e. The predicted molar refractivity (Wildman–Crippen MR) is 80.4 cm³/mol. The van der Waals surface area contributed by atoms with Crippen LogP contribution in [0.1, 0.15) is 5.56 Å². The van der Waals surface area contributed by atoms with E-state index >= 15 is 0 Å². The zero-order valence-electron chi connectivity index (χ0n) is 11.6. The van der Waals surface area contributed by atoms with Crippen molar-refractivity contribution in [1.82, 2.24) is 24.7 Å². The number of pyridine rings is 1. The average Bonchev–Trinajstić information content (AvgIpc) is 2.96. The third-order valence-corrected chi connectivity index (χ3v) is 3.51. The third-order valence-electron chi connectivity index (χ3n) is 3.09. The fourth-order valence-corrected chi connectivity index (χ4v) is 2.31. The topological polar surface area (TPSA) is 99.0 Å². The Hall–Kier alpha value is -2.52. The van der Waals surface area contributed by atoms with Gasteiger partial charge in [-0.15, -0.1) is 5.10 Å². The zero-order chi connectivity index (χ0) is 15.5. The van der Waals surface area contributed by atoms with Crippen molar-refractivity contribution >= 4 is 21.9 Å². The number of ether oxygens (including phenoxy) is 1. The Morgan fingerprint density at radius 2 is 2.14 bits per heavy atom. The fourth-order valence-electron chi connectivity index (χ4n) is 2.00. The lowest BCUT2D eigenvalue weighted by molar-refractivity contribution is 0.415. The van der Waals surface area contributed by atoms with Crippen molar-refractivity contribution in [2.45, 2.75) is 6.54 Å². The Morgan fingerprint density at radius 3 is 2.82 bits per heavy atom. The molecule has 0 spiro atoms. The van der Waals surface area contributed by atoms with Crippen molar-refractivity contribution in [3.63, 3.8) is 0 Å². The number of hydrogen-bond acceptors (Lipinski definition) is 6. The van der Waals surface area contributed by atoms with Gasteiger partial charge in [-0.3, -0.25) is 0 Å². The maximum atomic E-state index is 10.5. The van der Waals surface area contributed by atoms with Crippen LogP contribution in [-0.4, -0.2) is 35.5 Å². The van der Waals surface area contributed by atoms with E-state index in [-0.39, 0.29) is 6.54 Å². The molecule has 0 aliphatic carbocycles. The van der Waals surface area contributed by atoms with Crippen molar-refractivity contribution in [3.05, 3.63) is 42.1 Å². The predicted octanol–water partition coefficient (Wildman–Crippen LogP) is 0.440. The van der Waals surface area contributed by atoms with Gasteiger partial charge < -0.3 is 4.74 Å². The molecular weight excluding hydrogens is 306 g/mol. The van der Waals surface area contributed by atoms with Gasteiger partial charge in [-0.05, 0) is 23.8 Å². The molecule has 2 heterocycles. The van der Waals surface area contributed by atoms with E-state index in [1.165, 1.54) is 0 Å². The number of thiol groups is 1. The molecule has 3 rings (SSSR count). The number of methoxy groups -OCH3 is 1. The van der Waals surface area contributed by atoms with Crippen LogP contribution >= 0.6 is 0 Å². The highest BCUT2D eigenvalue weighted by Crippen LogP contribution is 2.20. The molecule has 114 valence electrons. The van der Waals surface area contributed by atoms with E-state index in [4.69, 9.17) is 4.74 Å². The Kier molecular flexibility index (Phi) is 3.98. The SMILES string of the molecule is COc1ccc2c(c1)nnn2-c1ccc(CN[SH](=O)=O)cn1. The standard InChI is InChI=1S/C13H13N5O3S/c1-21-10-3-4-12-11(6-10)16-17-18(12)13-5-2-9(7-14-13)8-15-22(19)20/h2-7,22H,8H2,1H3,(H,15,19,20). The molecule has 0 aliphatic rings. The Balaban J connectivity index is 1.90. The minimum absolute atomic E-state index is 0.210. The summed E-state index contributed by atoms with van der Waals surface area (Å²) >= 11 is 0. The summed E-state index contributed by atoms with van der Waals surface area (Å²) in [5.41, 5.74) is 2.27. The van der Waals surface area contributed by atoms with Gasteiger partial charge in [0.1, 0.15) is 11.3 Å². The van der Waals surface area contributed by atoms with Crippen molar-refractivity contribution in [3.8, 4) is 11.6 Å². The minimum Gasteiger partial charge on any atom is -0.497 e. The van der Waals surface area contributed by atoms with Gasteiger partial charge in [0.15, 0.2) is 5.82 Å². The number of nitrogens with one attached hydrogen (secondary N) is 1. The number of hydrogen-bond donors (Lipinski definition) is 2. The zero-order valence-corrected chi connectivity index (χ0v) is 12.5. The highest BCUT2D eigenvalue weighted by molar-refractivity contribution is 7.70. The maximum Gasteiger partial charge on any atom is 0.201 e. The van der Waals surface area contributed by atoms with Crippen molar-refractivity contribution in [1.29, 1.82) is 0 Å². The van der Waals surface area contributed by atoms with Gasteiger partial charge in [-0.25, -0.2) is 18.1 Å². The van der Waals surface area contributed by atoms with Crippen molar-refractivity contribution in [2.24, 2.45) is 0 Å². The molecule has 0 unspecified atom stereocenters. The van der Waals surface area contributed by atoms with E-state index in [0.717, 1.165) is 11.1 Å². The van der Waals surface area contributed by atoms with Crippen molar-refractivity contribution < 1.29 is 13.2 Å². The minimum atomic E-state index is -2.61. The maximum absolute atomic E-state index is 10.5. The molecule has 0 fully saturated rings. The van der Waals surface area contributed by atoms with Crippen LogP contribution in [0.5, 0.6) is 5.75 Å². The first-order valence-corrected chi connectivity index (χ1v) is 7.58. The summed E-state index contributed by atoms with van der Waals surface area (Å²) in [6, 6.07) is 9.01. The average molecular weight is 319 g/mol. The molecule has 9 heteroatoms. The molecule has 22 heavy (non-hydrogen) atoms. The first-order chi connectivity index (χ1) is 10.7. The lowest BCUT2D eigenvalue weighted by Gasteiger charge is -2.04. The monoisotopic (exact) mass is 319 g/mol. The first-order valence-electron chi connectivity index (χ1n) is 6.40. The second kappa shape index (κ2) is 6.08. The quantitative estimate of drug-likeness (QED) is 0.662. The normalized spacial score (nSPS) is 11.2. The number of benzene rings is 1. The summed E-state index contributed by atoms with van der Waals surface area (Å²) in [4.78, 5) is 4.28. The number of nitrogens with zero attached hydrogens (tertiary/aromatic N) is 4. The molecule has 0 atom stereocenters. The molecule has 0 radical (unpaired) electrons. The van der Waals surface area contributed by atoms with Crippen LogP contribution in [0.3, 0.4) is 0 Å². The van der Waals surface area contributed by atoms with Gasteiger partial charge >= 0.3 is 0 Å². The second-order valence-electron chi connectivity index (χ2n) is 4.47. The molecule has 0 amide bonds. The molecule has 0 saturated carbocycles. The van der Waals surface area contributed by atoms with Gasteiger partial charge in [0.25, 0.3) is 0 Å². The van der Waals surface area contributed by atoms with E-state index in [1.54, 1.807) is 36.2 Å². The summed E-state index contributed by atoms with van der Waals surface area (Å²) in [6.07, 6.45) is 1.60. The highest BCUT2D eigenvalue weighted by atomic mass is 32.2. The molecule has 2 aromatic heterocycles. The second-order valence-corrected chi connectivity index (χ2v) is 5.30. The Bertz CT molecular complexity index is 865. The van der Waals surface area contributed by atoms with Crippen LogP contribution in [0.25, 0.3) is 16.9 Å². The highest BCUT2D eigenvalue weighted by Gasteiger charge is 2.08. The smallest absolute Gasteiger partial charge is 0.201 e. The van der Waals surface area contributed by atoms with Crippen LogP contribution in [-0.2, 0) is 17.4 Å². The van der Waals surface area contributed by atoms with Gasteiger partial charge in [-0.1, -0.05) is 11.3 Å². The molecular formula is C13H13N5O3S. The molecule has 8 nitrogen and oxygen atoms in total.